The van der Waals surface area contributed by atoms with Crippen molar-refractivity contribution in [2.24, 2.45) is 0 Å². The van der Waals surface area contributed by atoms with Crippen LogP contribution in [0.5, 0.6) is 0 Å². The number of fused-ring (bicyclic) bond motifs is 1. The van der Waals surface area contributed by atoms with E-state index in [-0.39, 0.29) is 6.10 Å². The van der Waals surface area contributed by atoms with E-state index in [1.54, 1.807) is 0 Å². The predicted molar refractivity (Wildman–Crippen MR) is 124 cm³/mol. The zero-order chi connectivity index (χ0) is 29.2. The highest BCUT2D eigenvalue weighted by atomic mass is 19.4. The van der Waals surface area contributed by atoms with Crippen molar-refractivity contribution in [2.75, 3.05) is 44.3 Å². The first kappa shape index (κ1) is 32.5. The summed E-state index contributed by atoms with van der Waals surface area (Å²) in [6, 6.07) is 0.420. The fourth-order valence-electron chi connectivity index (χ4n) is 4.32. The predicted octanol–water partition coefficient (Wildman–Crippen LogP) is 3.29. The number of halogens is 6. The van der Waals surface area contributed by atoms with Crippen LogP contribution in [0.1, 0.15) is 37.7 Å². The number of hydrogen-bond acceptors (Lipinski definition) is 8. The minimum atomic E-state index is -5.08. The molecule has 222 valence electrons. The zero-order valence-corrected chi connectivity index (χ0v) is 21.2. The number of hydrogen-bond donors (Lipinski definition) is 2. The van der Waals surface area contributed by atoms with Crippen molar-refractivity contribution in [3.63, 3.8) is 0 Å². The number of alkyl halides is 6. The Morgan fingerprint density at radius 3 is 2.03 bits per heavy atom. The summed E-state index contributed by atoms with van der Waals surface area (Å²) in [5.74, 6) is -4.66. The number of aliphatic carboxylic acids is 2. The van der Waals surface area contributed by atoms with Crippen LogP contribution in [-0.4, -0.2) is 107 Å². The van der Waals surface area contributed by atoms with Gasteiger partial charge in [-0.2, -0.15) is 26.3 Å². The first-order valence-electron chi connectivity index (χ1n) is 12.3. The highest BCUT2D eigenvalue weighted by molar-refractivity contribution is 5.73. The number of carboxylic acid groups (broad SMARTS) is 2. The Bertz CT molecular complexity index is 888. The Morgan fingerprint density at radius 2 is 1.51 bits per heavy atom. The summed E-state index contributed by atoms with van der Waals surface area (Å²) < 4.78 is 75.7. The monoisotopic (exact) mass is 574 g/mol. The lowest BCUT2D eigenvalue weighted by atomic mass is 9.99. The largest absolute Gasteiger partial charge is 0.490 e. The molecule has 1 aromatic heterocycles. The Morgan fingerprint density at radius 1 is 0.974 bits per heavy atom. The van der Waals surface area contributed by atoms with Crippen LogP contribution in [0.25, 0.3) is 0 Å². The van der Waals surface area contributed by atoms with E-state index in [1.165, 1.54) is 25.9 Å². The van der Waals surface area contributed by atoms with Crippen LogP contribution in [0, 0.1) is 6.92 Å². The molecular weight excluding hydrogens is 542 g/mol. The molecule has 0 saturated carbocycles. The SMILES string of the molecule is Cc1cnc(N2CC[C@@H]3O[C@@H](COCCN4CCCC4)CC[C@@H]32)nc1.O=C(O)C(F)(F)F.O=C(O)C(F)(F)F. The average molecular weight is 575 g/mol. The normalized spacial score (nSPS) is 23.3. The van der Waals surface area contributed by atoms with Crippen molar-refractivity contribution in [1.29, 1.82) is 0 Å². The smallest absolute Gasteiger partial charge is 0.475 e. The van der Waals surface area contributed by atoms with E-state index in [9.17, 15) is 26.3 Å². The molecule has 3 saturated heterocycles. The third kappa shape index (κ3) is 11.1. The number of ether oxygens (including phenoxy) is 2. The molecule has 0 aliphatic carbocycles. The second-order valence-electron chi connectivity index (χ2n) is 9.21. The van der Waals surface area contributed by atoms with Gasteiger partial charge in [0, 0.05) is 25.5 Å². The summed E-state index contributed by atoms with van der Waals surface area (Å²) in [6.45, 7) is 8.12. The number of nitrogens with zero attached hydrogens (tertiary/aromatic N) is 4. The van der Waals surface area contributed by atoms with E-state index < -0.39 is 24.3 Å². The van der Waals surface area contributed by atoms with E-state index >= 15 is 0 Å². The van der Waals surface area contributed by atoms with E-state index in [4.69, 9.17) is 29.3 Å². The summed E-state index contributed by atoms with van der Waals surface area (Å²) in [4.78, 5) is 31.6. The Balaban J connectivity index is 0.000000317. The van der Waals surface area contributed by atoms with Crippen molar-refractivity contribution < 1.29 is 55.6 Å². The molecule has 0 spiro atoms. The lowest BCUT2D eigenvalue weighted by molar-refractivity contribution is -0.193. The lowest BCUT2D eigenvalue weighted by Crippen LogP contribution is -2.44. The second kappa shape index (κ2) is 14.6. The minimum absolute atomic E-state index is 0.249. The van der Waals surface area contributed by atoms with E-state index in [2.05, 4.69) is 19.8 Å². The van der Waals surface area contributed by atoms with E-state index in [0.717, 1.165) is 57.1 Å². The first-order valence-corrected chi connectivity index (χ1v) is 12.3. The highest BCUT2D eigenvalue weighted by Crippen LogP contribution is 2.33. The molecule has 10 nitrogen and oxygen atoms in total. The van der Waals surface area contributed by atoms with Crippen LogP contribution < -0.4 is 4.90 Å². The van der Waals surface area contributed by atoms with Crippen LogP contribution in [0.4, 0.5) is 32.3 Å². The van der Waals surface area contributed by atoms with Gasteiger partial charge in [-0.1, -0.05) is 0 Å². The van der Waals surface area contributed by atoms with Gasteiger partial charge in [0.2, 0.25) is 5.95 Å². The van der Waals surface area contributed by atoms with Gasteiger partial charge in [0.05, 0.1) is 31.5 Å². The van der Waals surface area contributed by atoms with Gasteiger partial charge < -0.3 is 29.5 Å². The second-order valence-corrected chi connectivity index (χ2v) is 9.21. The van der Waals surface area contributed by atoms with Crippen LogP contribution >= 0.6 is 0 Å². The number of anilines is 1. The quantitative estimate of drug-likeness (QED) is 0.386. The Labute approximate surface area is 220 Å². The molecule has 3 aliphatic rings. The van der Waals surface area contributed by atoms with Crippen molar-refractivity contribution >= 4 is 17.9 Å². The van der Waals surface area contributed by atoms with Crippen LogP contribution in [0.15, 0.2) is 12.4 Å². The fourth-order valence-corrected chi connectivity index (χ4v) is 4.32. The molecule has 3 atom stereocenters. The number of rotatable bonds is 6. The first-order chi connectivity index (χ1) is 18.2. The van der Waals surface area contributed by atoms with Crippen molar-refractivity contribution in [1.82, 2.24) is 14.9 Å². The molecule has 1 aromatic rings. The molecule has 0 aromatic carbocycles. The molecule has 0 radical (unpaired) electrons. The zero-order valence-electron chi connectivity index (χ0n) is 21.2. The van der Waals surface area contributed by atoms with Gasteiger partial charge in [-0.15, -0.1) is 0 Å². The summed E-state index contributed by atoms with van der Waals surface area (Å²) in [5.41, 5.74) is 1.10. The molecule has 0 unspecified atom stereocenters. The van der Waals surface area contributed by atoms with Crippen molar-refractivity contribution in [2.45, 2.75) is 69.6 Å². The standard InChI is InChI=1S/C19H30N4O2.2C2HF3O2/c1-15-12-20-19(21-13-15)23-9-6-18-17(23)5-4-16(25-18)14-24-11-10-22-7-2-3-8-22;2*3-2(4,5)1(6)7/h12-13,16-18H,2-11,14H2,1H3;2*(H,6,7)/t16-,17+,18+;;/m1../s1. The summed E-state index contributed by atoms with van der Waals surface area (Å²) >= 11 is 0. The number of likely N-dealkylation sites (tertiary alicyclic amines) is 1. The fraction of sp³-hybridized carbons (Fsp3) is 0.739. The van der Waals surface area contributed by atoms with Gasteiger partial charge in [-0.3, -0.25) is 0 Å². The molecule has 39 heavy (non-hydrogen) atoms. The number of carboxylic acids is 2. The third-order valence-electron chi connectivity index (χ3n) is 6.20. The molecule has 4 heterocycles. The molecule has 16 heteroatoms. The van der Waals surface area contributed by atoms with Gasteiger partial charge in [0.25, 0.3) is 0 Å². The number of aromatic nitrogens is 2. The van der Waals surface area contributed by atoms with E-state index in [1.807, 2.05) is 19.3 Å². The maximum Gasteiger partial charge on any atom is 0.490 e. The summed E-state index contributed by atoms with van der Waals surface area (Å²) in [5, 5.41) is 14.2. The van der Waals surface area contributed by atoms with Crippen LogP contribution in [0.2, 0.25) is 0 Å². The maximum absolute atomic E-state index is 10.6. The summed E-state index contributed by atoms with van der Waals surface area (Å²) in [6.07, 6.45) is 0.129. The molecule has 0 bridgehead atoms. The van der Waals surface area contributed by atoms with Gasteiger partial charge in [0.1, 0.15) is 0 Å². The van der Waals surface area contributed by atoms with Gasteiger partial charge in [-0.25, -0.2) is 19.6 Å². The van der Waals surface area contributed by atoms with Crippen LogP contribution in [-0.2, 0) is 19.1 Å². The molecule has 0 amide bonds. The number of aryl methyl sites for hydroxylation is 1. The number of carbonyl (C=O) groups is 2. The van der Waals surface area contributed by atoms with Crippen molar-refractivity contribution in [3.05, 3.63) is 18.0 Å². The molecule has 4 rings (SSSR count). The highest BCUT2D eigenvalue weighted by Gasteiger charge is 2.41. The van der Waals surface area contributed by atoms with Gasteiger partial charge in [-0.05, 0) is 57.7 Å². The third-order valence-corrected chi connectivity index (χ3v) is 6.20. The van der Waals surface area contributed by atoms with Crippen molar-refractivity contribution in [3.8, 4) is 0 Å². The lowest BCUT2D eigenvalue weighted by Gasteiger charge is -2.35. The minimum Gasteiger partial charge on any atom is -0.475 e. The maximum atomic E-state index is 10.6. The van der Waals surface area contributed by atoms with E-state index in [0.29, 0.717) is 12.1 Å². The van der Waals surface area contributed by atoms with Gasteiger partial charge >= 0.3 is 24.3 Å². The van der Waals surface area contributed by atoms with Crippen LogP contribution in [0.3, 0.4) is 0 Å². The molecule has 2 N–H and O–H groups in total. The summed E-state index contributed by atoms with van der Waals surface area (Å²) in [7, 11) is 0. The Kier molecular flexibility index (Phi) is 12.2. The van der Waals surface area contributed by atoms with Gasteiger partial charge in [0.15, 0.2) is 0 Å². The molecule has 3 fully saturated rings. The topological polar surface area (TPSA) is 125 Å². The molecular formula is C23H32F6N4O6. The Hall–Kier alpha value is -2.72. The average Bonchev–Trinajstić information content (AvgIpc) is 3.52. The molecule has 3 aliphatic heterocycles.